The largest absolute Gasteiger partial charge is 0.494 e. The quantitative estimate of drug-likeness (QED) is 0.798. The fourth-order valence-electron chi connectivity index (χ4n) is 2.40. The Morgan fingerprint density at radius 3 is 2.65 bits per heavy atom. The van der Waals surface area contributed by atoms with Crippen LogP contribution in [0.3, 0.4) is 0 Å². The lowest BCUT2D eigenvalue weighted by molar-refractivity contribution is 0.0824. The first kappa shape index (κ1) is 12.7. The van der Waals surface area contributed by atoms with Crippen molar-refractivity contribution in [1.82, 2.24) is 0 Å². The summed E-state index contributed by atoms with van der Waals surface area (Å²) < 4.78 is 11.1. The van der Waals surface area contributed by atoms with E-state index in [1.54, 1.807) is 12.1 Å². The van der Waals surface area contributed by atoms with Crippen LogP contribution in [0.25, 0.3) is 0 Å². The maximum atomic E-state index is 12.4. The highest BCUT2D eigenvalue weighted by Crippen LogP contribution is 2.29. The van der Waals surface area contributed by atoms with Gasteiger partial charge in [-0.3, -0.25) is 4.79 Å². The number of hydrogen-bond donors (Lipinski definition) is 0. The van der Waals surface area contributed by atoms with Crippen molar-refractivity contribution >= 4 is 5.78 Å². The van der Waals surface area contributed by atoms with Crippen molar-refractivity contribution in [2.75, 3.05) is 6.61 Å². The first-order chi connectivity index (χ1) is 9.78. The zero-order valence-electron chi connectivity index (χ0n) is 11.3. The Morgan fingerprint density at radius 1 is 1.20 bits per heavy atom. The van der Waals surface area contributed by atoms with Crippen LogP contribution < -0.4 is 9.47 Å². The maximum Gasteiger partial charge on any atom is 0.203 e. The number of ketones is 1. The molecule has 20 heavy (non-hydrogen) atoms. The fraction of sp³-hybridized carbons (Fsp3) is 0.235. The van der Waals surface area contributed by atoms with E-state index in [0.717, 1.165) is 17.1 Å². The first-order valence-corrected chi connectivity index (χ1v) is 6.79. The molecule has 2 aromatic rings. The predicted octanol–water partition coefficient (Wildman–Crippen LogP) is 3.27. The van der Waals surface area contributed by atoms with E-state index in [1.165, 1.54) is 0 Å². The van der Waals surface area contributed by atoms with E-state index in [2.05, 4.69) is 0 Å². The molecule has 1 aliphatic heterocycles. The lowest BCUT2D eigenvalue weighted by Crippen LogP contribution is -2.25. The van der Waals surface area contributed by atoms with Gasteiger partial charge in [0.2, 0.25) is 5.78 Å². The van der Waals surface area contributed by atoms with Crippen LogP contribution in [-0.4, -0.2) is 18.5 Å². The molecule has 1 atom stereocenters. The Bertz CT molecular complexity index is 591. The molecule has 102 valence electrons. The van der Waals surface area contributed by atoms with Gasteiger partial charge in [-0.1, -0.05) is 18.2 Å². The van der Waals surface area contributed by atoms with Gasteiger partial charge in [-0.15, -0.1) is 0 Å². The number of benzene rings is 2. The number of rotatable bonds is 4. The summed E-state index contributed by atoms with van der Waals surface area (Å²) in [5.41, 5.74) is 1.75. The SMILES string of the molecule is CCOc1ccc(C(=O)C2Cc3ccccc3O2)cc1. The number of Topliss-reactive ketones (excluding diaryl/α,β-unsaturated/α-hetero) is 1. The molecule has 3 heteroatoms. The molecule has 0 saturated carbocycles. The van der Waals surface area contributed by atoms with Gasteiger partial charge in [0.25, 0.3) is 0 Å². The monoisotopic (exact) mass is 268 g/mol. The van der Waals surface area contributed by atoms with Gasteiger partial charge in [0.05, 0.1) is 6.61 Å². The first-order valence-electron chi connectivity index (χ1n) is 6.79. The maximum absolute atomic E-state index is 12.4. The van der Waals surface area contributed by atoms with Crippen molar-refractivity contribution < 1.29 is 14.3 Å². The van der Waals surface area contributed by atoms with Crippen molar-refractivity contribution in [1.29, 1.82) is 0 Å². The molecule has 1 heterocycles. The smallest absolute Gasteiger partial charge is 0.203 e. The van der Waals surface area contributed by atoms with Crippen LogP contribution in [0.2, 0.25) is 0 Å². The molecule has 0 radical (unpaired) electrons. The molecular formula is C17H16O3. The molecule has 0 saturated heterocycles. The lowest BCUT2D eigenvalue weighted by atomic mass is 10.0. The molecule has 0 fully saturated rings. The van der Waals surface area contributed by atoms with Gasteiger partial charge in [-0.25, -0.2) is 0 Å². The Kier molecular flexibility index (Phi) is 3.42. The minimum atomic E-state index is -0.412. The summed E-state index contributed by atoms with van der Waals surface area (Å²) in [7, 11) is 0. The molecule has 1 unspecified atom stereocenters. The third-order valence-corrected chi connectivity index (χ3v) is 3.39. The zero-order chi connectivity index (χ0) is 13.9. The summed E-state index contributed by atoms with van der Waals surface area (Å²) in [5, 5.41) is 0. The summed E-state index contributed by atoms with van der Waals surface area (Å²) in [6.45, 7) is 2.55. The fourth-order valence-corrected chi connectivity index (χ4v) is 2.40. The highest BCUT2D eigenvalue weighted by molar-refractivity contribution is 6.00. The molecular weight excluding hydrogens is 252 g/mol. The van der Waals surface area contributed by atoms with Gasteiger partial charge < -0.3 is 9.47 Å². The highest BCUT2D eigenvalue weighted by Gasteiger charge is 2.29. The molecule has 3 nitrogen and oxygen atoms in total. The normalized spacial score (nSPS) is 16.4. The minimum absolute atomic E-state index is 0.0178. The number of carbonyl (C=O) groups is 1. The van der Waals surface area contributed by atoms with Crippen LogP contribution in [-0.2, 0) is 6.42 Å². The van der Waals surface area contributed by atoms with Gasteiger partial charge in [0.15, 0.2) is 6.10 Å². The Morgan fingerprint density at radius 2 is 1.95 bits per heavy atom. The van der Waals surface area contributed by atoms with Crippen LogP contribution >= 0.6 is 0 Å². The Balaban J connectivity index is 1.74. The van der Waals surface area contributed by atoms with Crippen molar-refractivity contribution in [3.8, 4) is 11.5 Å². The number of carbonyl (C=O) groups excluding carboxylic acids is 1. The number of hydrogen-bond acceptors (Lipinski definition) is 3. The number of fused-ring (bicyclic) bond motifs is 1. The van der Waals surface area contributed by atoms with E-state index in [0.29, 0.717) is 18.6 Å². The summed E-state index contributed by atoms with van der Waals surface area (Å²) in [4.78, 5) is 12.4. The Labute approximate surface area is 118 Å². The summed E-state index contributed by atoms with van der Waals surface area (Å²) in [5.74, 6) is 1.61. The van der Waals surface area contributed by atoms with Crippen molar-refractivity contribution in [2.45, 2.75) is 19.4 Å². The van der Waals surface area contributed by atoms with Gasteiger partial charge in [0.1, 0.15) is 11.5 Å². The van der Waals surface area contributed by atoms with Crippen molar-refractivity contribution in [2.24, 2.45) is 0 Å². The molecule has 0 aliphatic carbocycles. The molecule has 0 N–H and O–H groups in total. The average Bonchev–Trinajstić information content (AvgIpc) is 2.91. The summed E-state index contributed by atoms with van der Waals surface area (Å²) in [6.07, 6.45) is 0.229. The highest BCUT2D eigenvalue weighted by atomic mass is 16.5. The van der Waals surface area contributed by atoms with Crippen LogP contribution in [0.4, 0.5) is 0 Å². The van der Waals surface area contributed by atoms with Gasteiger partial charge in [-0.05, 0) is 42.8 Å². The lowest BCUT2D eigenvalue weighted by Gasteiger charge is -2.10. The van der Waals surface area contributed by atoms with Gasteiger partial charge in [-0.2, -0.15) is 0 Å². The number of ether oxygens (including phenoxy) is 2. The number of para-hydroxylation sites is 1. The Hall–Kier alpha value is -2.29. The molecule has 0 spiro atoms. The standard InChI is InChI=1S/C17H16O3/c1-2-19-14-9-7-12(8-10-14)17(18)16-11-13-5-3-4-6-15(13)20-16/h3-10,16H,2,11H2,1H3. The van der Waals surface area contributed by atoms with Crippen molar-refractivity contribution in [3.05, 3.63) is 59.7 Å². The van der Waals surface area contributed by atoms with Crippen molar-refractivity contribution in [3.63, 3.8) is 0 Å². The molecule has 0 bridgehead atoms. The summed E-state index contributed by atoms with van der Waals surface area (Å²) in [6, 6.07) is 15.0. The van der Waals surface area contributed by atoms with E-state index < -0.39 is 6.10 Å². The second kappa shape index (κ2) is 5.37. The van der Waals surface area contributed by atoms with E-state index in [-0.39, 0.29) is 5.78 Å². The molecule has 2 aromatic carbocycles. The zero-order valence-corrected chi connectivity index (χ0v) is 11.3. The minimum Gasteiger partial charge on any atom is -0.494 e. The topological polar surface area (TPSA) is 35.5 Å². The average molecular weight is 268 g/mol. The van der Waals surface area contributed by atoms with Crippen LogP contribution in [0, 0.1) is 0 Å². The van der Waals surface area contributed by atoms with E-state index in [9.17, 15) is 4.79 Å². The third-order valence-electron chi connectivity index (χ3n) is 3.39. The van der Waals surface area contributed by atoms with E-state index in [4.69, 9.17) is 9.47 Å². The second-order valence-corrected chi connectivity index (χ2v) is 4.74. The van der Waals surface area contributed by atoms with Gasteiger partial charge >= 0.3 is 0 Å². The van der Waals surface area contributed by atoms with Crippen LogP contribution in [0.15, 0.2) is 48.5 Å². The van der Waals surface area contributed by atoms with E-state index in [1.807, 2.05) is 43.3 Å². The summed E-state index contributed by atoms with van der Waals surface area (Å²) >= 11 is 0. The van der Waals surface area contributed by atoms with Crippen LogP contribution in [0.1, 0.15) is 22.8 Å². The van der Waals surface area contributed by atoms with E-state index >= 15 is 0 Å². The second-order valence-electron chi connectivity index (χ2n) is 4.74. The third kappa shape index (κ3) is 2.39. The molecule has 0 aromatic heterocycles. The van der Waals surface area contributed by atoms with Gasteiger partial charge in [0, 0.05) is 12.0 Å². The molecule has 1 aliphatic rings. The molecule has 3 rings (SSSR count). The molecule has 0 amide bonds. The van der Waals surface area contributed by atoms with Crippen LogP contribution in [0.5, 0.6) is 11.5 Å². The predicted molar refractivity (Wildman–Crippen MR) is 76.5 cm³/mol.